The number of hydrogen-bond donors (Lipinski definition) is 1. The van der Waals surface area contributed by atoms with Crippen LogP contribution in [-0.2, 0) is 4.74 Å². The highest BCUT2D eigenvalue weighted by Crippen LogP contribution is 2.63. The van der Waals surface area contributed by atoms with Crippen molar-refractivity contribution in [2.45, 2.75) is 57.9 Å². The lowest BCUT2D eigenvalue weighted by Crippen LogP contribution is -2.58. The highest BCUT2D eigenvalue weighted by molar-refractivity contribution is 5.07. The smallest absolute Gasteiger partial charge is 0.0472 e. The zero-order chi connectivity index (χ0) is 13.0. The van der Waals surface area contributed by atoms with Crippen molar-refractivity contribution in [3.63, 3.8) is 0 Å². The summed E-state index contributed by atoms with van der Waals surface area (Å²) in [5.74, 6) is 5.07. The van der Waals surface area contributed by atoms with Crippen molar-refractivity contribution in [2.24, 2.45) is 40.7 Å². The minimum absolute atomic E-state index is 0.346. The molecule has 5 fully saturated rings. The maximum atomic E-state index is 6.53. The van der Waals surface area contributed by atoms with E-state index in [-0.39, 0.29) is 0 Å². The second-order valence-electron chi connectivity index (χ2n) is 8.09. The van der Waals surface area contributed by atoms with Gasteiger partial charge in [-0.05, 0) is 86.9 Å². The molecule has 0 aromatic rings. The third-order valence-corrected chi connectivity index (χ3v) is 7.22. The Kier molecular flexibility index (Phi) is 2.97. The van der Waals surface area contributed by atoms with Gasteiger partial charge in [0.1, 0.15) is 0 Å². The number of rotatable bonds is 2. The molecule has 0 amide bonds. The molecule has 108 valence electrons. The van der Waals surface area contributed by atoms with Crippen molar-refractivity contribution in [3.05, 3.63) is 0 Å². The van der Waals surface area contributed by atoms with E-state index in [9.17, 15) is 0 Å². The second kappa shape index (κ2) is 4.46. The number of hydrogen-bond acceptors (Lipinski definition) is 2. The summed E-state index contributed by atoms with van der Waals surface area (Å²) in [6.45, 7) is 4.17. The van der Waals surface area contributed by atoms with Crippen molar-refractivity contribution < 1.29 is 4.74 Å². The molecule has 2 nitrogen and oxygen atoms in total. The first kappa shape index (κ1) is 12.6. The normalized spacial score (nSPS) is 49.3. The van der Waals surface area contributed by atoms with Gasteiger partial charge in [0.05, 0.1) is 0 Å². The molecule has 1 heterocycles. The number of ether oxygens (including phenoxy) is 1. The van der Waals surface area contributed by atoms with E-state index >= 15 is 0 Å². The van der Waals surface area contributed by atoms with Crippen LogP contribution in [0.15, 0.2) is 0 Å². The topological polar surface area (TPSA) is 35.2 Å². The molecule has 1 atom stereocenters. The zero-order valence-corrected chi connectivity index (χ0v) is 12.3. The fourth-order valence-corrected chi connectivity index (χ4v) is 6.71. The van der Waals surface area contributed by atoms with Gasteiger partial charge in [-0.15, -0.1) is 0 Å². The molecule has 1 saturated heterocycles. The van der Waals surface area contributed by atoms with E-state index in [1.165, 1.54) is 38.5 Å². The highest BCUT2D eigenvalue weighted by Gasteiger charge is 2.56. The Morgan fingerprint density at radius 3 is 1.95 bits per heavy atom. The molecule has 5 aliphatic rings. The van der Waals surface area contributed by atoms with Crippen LogP contribution < -0.4 is 5.73 Å². The third kappa shape index (κ3) is 1.82. The monoisotopic (exact) mass is 263 g/mol. The van der Waals surface area contributed by atoms with Gasteiger partial charge < -0.3 is 10.5 Å². The first-order valence-electron chi connectivity index (χ1n) is 8.52. The second-order valence-corrected chi connectivity index (χ2v) is 8.09. The van der Waals surface area contributed by atoms with Gasteiger partial charge in [-0.1, -0.05) is 0 Å². The minimum atomic E-state index is 0.346. The van der Waals surface area contributed by atoms with Crippen LogP contribution in [0.5, 0.6) is 0 Å². The van der Waals surface area contributed by atoms with Crippen LogP contribution in [0.4, 0.5) is 0 Å². The fourth-order valence-electron chi connectivity index (χ4n) is 6.71. The Hall–Kier alpha value is -0.0800. The van der Waals surface area contributed by atoms with Gasteiger partial charge in [0, 0.05) is 19.3 Å². The average molecular weight is 263 g/mol. The van der Waals surface area contributed by atoms with Gasteiger partial charge in [-0.2, -0.15) is 0 Å². The van der Waals surface area contributed by atoms with Gasteiger partial charge in [0.2, 0.25) is 0 Å². The SMILES string of the molecule is CC(N)C1(C2C3CC4CC(C3)CC2C4)CCOCC1. The van der Waals surface area contributed by atoms with Crippen molar-refractivity contribution in [3.8, 4) is 0 Å². The Bertz CT molecular complexity index is 317. The zero-order valence-electron chi connectivity index (χ0n) is 12.3. The maximum Gasteiger partial charge on any atom is 0.0472 e. The summed E-state index contributed by atoms with van der Waals surface area (Å²) >= 11 is 0. The molecule has 0 aromatic carbocycles. The van der Waals surface area contributed by atoms with Gasteiger partial charge in [0.25, 0.3) is 0 Å². The highest BCUT2D eigenvalue weighted by atomic mass is 16.5. The van der Waals surface area contributed by atoms with E-state index in [4.69, 9.17) is 10.5 Å². The summed E-state index contributed by atoms with van der Waals surface area (Å²) in [5.41, 5.74) is 6.93. The van der Waals surface area contributed by atoms with Crippen LogP contribution in [-0.4, -0.2) is 19.3 Å². The molecule has 19 heavy (non-hydrogen) atoms. The molecular weight excluding hydrogens is 234 g/mol. The van der Waals surface area contributed by atoms with Crippen LogP contribution >= 0.6 is 0 Å². The Morgan fingerprint density at radius 1 is 0.947 bits per heavy atom. The summed E-state index contributed by atoms with van der Waals surface area (Å²) in [4.78, 5) is 0. The summed E-state index contributed by atoms with van der Waals surface area (Å²) in [5, 5.41) is 0. The van der Waals surface area contributed by atoms with Crippen molar-refractivity contribution in [1.82, 2.24) is 0 Å². The first-order valence-corrected chi connectivity index (χ1v) is 8.52. The molecule has 4 saturated carbocycles. The maximum absolute atomic E-state index is 6.53. The lowest BCUT2D eigenvalue weighted by molar-refractivity contribution is -0.136. The predicted octanol–water partition coefficient (Wildman–Crippen LogP) is 3.20. The van der Waals surface area contributed by atoms with Crippen molar-refractivity contribution in [2.75, 3.05) is 13.2 Å². The van der Waals surface area contributed by atoms with Crippen LogP contribution in [0.1, 0.15) is 51.9 Å². The van der Waals surface area contributed by atoms with E-state index in [1.807, 2.05) is 0 Å². The molecule has 2 N–H and O–H groups in total. The van der Waals surface area contributed by atoms with Gasteiger partial charge in [0.15, 0.2) is 0 Å². The molecule has 1 aliphatic heterocycles. The first-order chi connectivity index (χ1) is 9.19. The number of nitrogens with two attached hydrogens (primary N) is 1. The predicted molar refractivity (Wildman–Crippen MR) is 76.7 cm³/mol. The van der Waals surface area contributed by atoms with Crippen LogP contribution in [0.2, 0.25) is 0 Å². The summed E-state index contributed by atoms with van der Waals surface area (Å²) < 4.78 is 5.66. The summed E-state index contributed by atoms with van der Waals surface area (Å²) in [6, 6.07) is 0.346. The molecule has 4 bridgehead atoms. The van der Waals surface area contributed by atoms with E-state index in [2.05, 4.69) is 6.92 Å². The fraction of sp³-hybridized carbons (Fsp3) is 1.00. The minimum Gasteiger partial charge on any atom is -0.381 e. The van der Waals surface area contributed by atoms with E-state index in [0.717, 1.165) is 42.8 Å². The Labute approximate surface area is 117 Å². The molecule has 0 aromatic heterocycles. The molecule has 0 spiro atoms. The van der Waals surface area contributed by atoms with E-state index in [0.29, 0.717) is 11.5 Å². The standard InChI is InChI=1S/C17H29NO/c1-11(18)17(2-4-19-5-3-17)16-14-7-12-6-13(9-14)10-15(16)8-12/h11-16H,2-10,18H2,1H3. The largest absolute Gasteiger partial charge is 0.381 e. The third-order valence-electron chi connectivity index (χ3n) is 7.22. The molecule has 1 unspecified atom stereocenters. The average Bonchev–Trinajstić information content (AvgIpc) is 2.38. The molecule has 2 heteroatoms. The van der Waals surface area contributed by atoms with Gasteiger partial charge in [-0.25, -0.2) is 0 Å². The molecular formula is C17H29NO. The van der Waals surface area contributed by atoms with Crippen molar-refractivity contribution >= 4 is 0 Å². The molecule has 5 rings (SSSR count). The Morgan fingerprint density at radius 2 is 1.47 bits per heavy atom. The van der Waals surface area contributed by atoms with Crippen LogP contribution in [0.3, 0.4) is 0 Å². The summed E-state index contributed by atoms with van der Waals surface area (Å²) in [6.07, 6.45) is 10.1. The molecule has 0 radical (unpaired) electrons. The van der Waals surface area contributed by atoms with E-state index in [1.54, 1.807) is 6.42 Å². The van der Waals surface area contributed by atoms with Crippen LogP contribution in [0.25, 0.3) is 0 Å². The summed E-state index contributed by atoms with van der Waals surface area (Å²) in [7, 11) is 0. The van der Waals surface area contributed by atoms with Gasteiger partial charge in [-0.3, -0.25) is 0 Å². The lowest BCUT2D eigenvalue weighted by atomic mass is 9.44. The van der Waals surface area contributed by atoms with E-state index < -0.39 is 0 Å². The van der Waals surface area contributed by atoms with Gasteiger partial charge >= 0.3 is 0 Å². The lowest BCUT2D eigenvalue weighted by Gasteiger charge is -2.62. The Balaban J connectivity index is 1.66. The molecule has 4 aliphatic carbocycles. The van der Waals surface area contributed by atoms with Crippen molar-refractivity contribution in [1.29, 1.82) is 0 Å². The van der Waals surface area contributed by atoms with Crippen LogP contribution in [0, 0.1) is 35.0 Å². The quantitative estimate of drug-likeness (QED) is 0.830.